The van der Waals surface area contributed by atoms with E-state index in [4.69, 9.17) is 0 Å². The highest BCUT2D eigenvalue weighted by atomic mass is 19.3. The van der Waals surface area contributed by atoms with Gasteiger partial charge in [-0.2, -0.15) is 0 Å². The van der Waals surface area contributed by atoms with E-state index in [0.29, 0.717) is 12.5 Å². The summed E-state index contributed by atoms with van der Waals surface area (Å²) in [6.45, 7) is 2.54. The van der Waals surface area contributed by atoms with Crippen LogP contribution < -0.4 is 0 Å². The summed E-state index contributed by atoms with van der Waals surface area (Å²) in [5, 5.41) is 9.76. The summed E-state index contributed by atoms with van der Waals surface area (Å²) in [5.74, 6) is 0.774. The Kier molecular flexibility index (Phi) is 4.93. The molecule has 1 aliphatic carbocycles. The summed E-state index contributed by atoms with van der Waals surface area (Å²) < 4.78 is 24.2. The van der Waals surface area contributed by atoms with E-state index in [-0.39, 0.29) is 18.6 Å². The Bertz CT molecular complexity index is 189. The number of halogens is 2. The minimum atomic E-state index is -2.28. The van der Waals surface area contributed by atoms with Crippen LogP contribution in [0.1, 0.15) is 26.2 Å². The molecular weight excluding hydrogens is 200 g/mol. The molecule has 90 valence electrons. The largest absolute Gasteiger partial charge is 0.393 e. The molecule has 0 spiro atoms. The van der Waals surface area contributed by atoms with Crippen molar-refractivity contribution in [1.29, 1.82) is 0 Å². The van der Waals surface area contributed by atoms with Gasteiger partial charge in [0.25, 0.3) is 6.43 Å². The predicted molar refractivity (Wildman–Crippen MR) is 56.0 cm³/mol. The fourth-order valence-corrected chi connectivity index (χ4v) is 2.39. The number of alkyl halides is 2. The zero-order valence-corrected chi connectivity index (χ0v) is 9.50. The fourth-order valence-electron chi connectivity index (χ4n) is 2.39. The second-order valence-electron chi connectivity index (χ2n) is 4.86. The van der Waals surface area contributed by atoms with Gasteiger partial charge >= 0.3 is 0 Å². The lowest BCUT2D eigenvalue weighted by Gasteiger charge is -2.34. The molecule has 4 heteroatoms. The SMILES string of the molecule is CC1CCC(O)C(CN(C)CC(F)F)C1. The van der Waals surface area contributed by atoms with Crippen LogP contribution >= 0.6 is 0 Å². The molecule has 15 heavy (non-hydrogen) atoms. The molecule has 0 bridgehead atoms. The first-order chi connectivity index (χ1) is 6.99. The van der Waals surface area contributed by atoms with Gasteiger partial charge in [-0.3, -0.25) is 0 Å². The van der Waals surface area contributed by atoms with Crippen molar-refractivity contribution in [2.24, 2.45) is 11.8 Å². The third-order valence-corrected chi connectivity index (χ3v) is 3.20. The van der Waals surface area contributed by atoms with Crippen LogP contribution in [-0.4, -0.2) is 42.7 Å². The lowest BCUT2D eigenvalue weighted by molar-refractivity contribution is 0.0220. The second-order valence-corrected chi connectivity index (χ2v) is 4.86. The summed E-state index contributed by atoms with van der Waals surface area (Å²) in [4.78, 5) is 1.62. The zero-order valence-electron chi connectivity index (χ0n) is 9.50. The van der Waals surface area contributed by atoms with Gasteiger partial charge in [-0.1, -0.05) is 6.92 Å². The van der Waals surface area contributed by atoms with Crippen molar-refractivity contribution >= 4 is 0 Å². The lowest BCUT2D eigenvalue weighted by atomic mass is 9.80. The van der Waals surface area contributed by atoms with Crippen molar-refractivity contribution < 1.29 is 13.9 Å². The van der Waals surface area contributed by atoms with Crippen LogP contribution in [0.15, 0.2) is 0 Å². The van der Waals surface area contributed by atoms with Crippen LogP contribution in [0.2, 0.25) is 0 Å². The molecule has 3 atom stereocenters. The molecule has 1 saturated carbocycles. The maximum Gasteiger partial charge on any atom is 0.251 e. The van der Waals surface area contributed by atoms with Gasteiger partial charge in [-0.25, -0.2) is 8.78 Å². The van der Waals surface area contributed by atoms with Crippen LogP contribution in [0.3, 0.4) is 0 Å². The van der Waals surface area contributed by atoms with E-state index in [9.17, 15) is 13.9 Å². The molecule has 2 nitrogen and oxygen atoms in total. The van der Waals surface area contributed by atoms with Crippen molar-refractivity contribution in [2.45, 2.75) is 38.7 Å². The van der Waals surface area contributed by atoms with Crippen LogP contribution in [0.5, 0.6) is 0 Å². The maximum absolute atomic E-state index is 12.1. The molecule has 0 heterocycles. The number of aliphatic hydroxyl groups excluding tert-OH is 1. The lowest BCUT2D eigenvalue weighted by Crippen LogP contribution is -2.38. The first-order valence-electron chi connectivity index (χ1n) is 5.63. The third-order valence-electron chi connectivity index (χ3n) is 3.20. The molecule has 0 saturated heterocycles. The number of hydrogen-bond donors (Lipinski definition) is 1. The highest BCUT2D eigenvalue weighted by Crippen LogP contribution is 2.29. The molecule has 1 rings (SSSR count). The van der Waals surface area contributed by atoms with Crippen molar-refractivity contribution in [2.75, 3.05) is 20.1 Å². The van der Waals surface area contributed by atoms with Gasteiger partial charge < -0.3 is 10.0 Å². The summed E-state index contributed by atoms with van der Waals surface area (Å²) in [7, 11) is 1.69. The van der Waals surface area contributed by atoms with Gasteiger partial charge in [0, 0.05) is 6.54 Å². The normalized spacial score (nSPS) is 32.6. The monoisotopic (exact) mass is 221 g/mol. The smallest absolute Gasteiger partial charge is 0.251 e. The zero-order chi connectivity index (χ0) is 11.4. The van der Waals surface area contributed by atoms with E-state index in [2.05, 4.69) is 6.92 Å². The average Bonchev–Trinajstić information content (AvgIpc) is 2.10. The van der Waals surface area contributed by atoms with Gasteiger partial charge in [0.05, 0.1) is 12.6 Å². The molecule has 1 N–H and O–H groups in total. The van der Waals surface area contributed by atoms with Gasteiger partial charge in [0.15, 0.2) is 0 Å². The Morgan fingerprint density at radius 1 is 1.40 bits per heavy atom. The molecule has 0 aromatic rings. The van der Waals surface area contributed by atoms with Crippen molar-refractivity contribution in [3.8, 4) is 0 Å². The van der Waals surface area contributed by atoms with Crippen LogP contribution in [-0.2, 0) is 0 Å². The molecule has 0 aromatic carbocycles. The van der Waals surface area contributed by atoms with E-state index >= 15 is 0 Å². The molecular formula is C11H21F2NO. The van der Waals surface area contributed by atoms with E-state index < -0.39 is 6.43 Å². The number of rotatable bonds is 4. The molecule has 0 radical (unpaired) electrons. The summed E-state index contributed by atoms with van der Waals surface area (Å²) in [6, 6.07) is 0. The number of aliphatic hydroxyl groups is 1. The topological polar surface area (TPSA) is 23.5 Å². The number of hydrogen-bond acceptors (Lipinski definition) is 2. The van der Waals surface area contributed by atoms with Gasteiger partial charge in [-0.05, 0) is 38.1 Å². The highest BCUT2D eigenvalue weighted by molar-refractivity contribution is 4.79. The van der Waals surface area contributed by atoms with Gasteiger partial charge in [0.2, 0.25) is 0 Å². The molecule has 0 aromatic heterocycles. The highest BCUT2D eigenvalue weighted by Gasteiger charge is 2.28. The minimum Gasteiger partial charge on any atom is -0.393 e. The third kappa shape index (κ3) is 4.43. The van der Waals surface area contributed by atoms with Crippen molar-refractivity contribution in [3.63, 3.8) is 0 Å². The molecule has 0 amide bonds. The predicted octanol–water partition coefficient (Wildman–Crippen LogP) is 1.98. The quantitative estimate of drug-likeness (QED) is 0.784. The summed E-state index contributed by atoms with van der Waals surface area (Å²) in [6.07, 6.45) is 0.230. The first kappa shape index (κ1) is 12.8. The maximum atomic E-state index is 12.1. The minimum absolute atomic E-state index is 0.164. The van der Waals surface area contributed by atoms with Crippen molar-refractivity contribution in [1.82, 2.24) is 4.90 Å². The molecule has 0 aliphatic heterocycles. The standard InChI is InChI=1S/C11H21F2NO/c1-8-3-4-10(15)9(5-8)6-14(2)7-11(12)13/h8-11,15H,3-7H2,1-2H3. The summed E-state index contributed by atoms with van der Waals surface area (Å²) in [5.41, 5.74) is 0. The van der Waals surface area contributed by atoms with E-state index in [1.807, 2.05) is 0 Å². The van der Waals surface area contributed by atoms with E-state index in [1.54, 1.807) is 11.9 Å². The Hall–Kier alpha value is -0.220. The number of nitrogens with zero attached hydrogens (tertiary/aromatic N) is 1. The fraction of sp³-hybridized carbons (Fsp3) is 1.00. The average molecular weight is 221 g/mol. The Morgan fingerprint density at radius 3 is 2.67 bits per heavy atom. The van der Waals surface area contributed by atoms with Gasteiger partial charge in [0.1, 0.15) is 0 Å². The Balaban J connectivity index is 2.34. The Labute approximate surface area is 90.3 Å². The van der Waals surface area contributed by atoms with E-state index in [0.717, 1.165) is 19.3 Å². The molecule has 1 aliphatic rings. The summed E-state index contributed by atoms with van der Waals surface area (Å²) >= 11 is 0. The molecule has 1 fully saturated rings. The molecule has 3 unspecified atom stereocenters. The second kappa shape index (κ2) is 5.75. The van der Waals surface area contributed by atoms with E-state index in [1.165, 1.54) is 0 Å². The van der Waals surface area contributed by atoms with Crippen LogP contribution in [0.25, 0.3) is 0 Å². The van der Waals surface area contributed by atoms with Crippen LogP contribution in [0, 0.1) is 11.8 Å². The first-order valence-corrected chi connectivity index (χ1v) is 5.63. The van der Waals surface area contributed by atoms with Crippen molar-refractivity contribution in [3.05, 3.63) is 0 Å². The Morgan fingerprint density at radius 2 is 2.07 bits per heavy atom. The van der Waals surface area contributed by atoms with Crippen LogP contribution in [0.4, 0.5) is 8.78 Å². The van der Waals surface area contributed by atoms with Gasteiger partial charge in [-0.15, -0.1) is 0 Å².